The van der Waals surface area contributed by atoms with Crippen LogP contribution in [0.5, 0.6) is 5.75 Å². The maximum atomic E-state index is 12.5. The van der Waals surface area contributed by atoms with Gasteiger partial charge in [-0.25, -0.2) is 0 Å². The Morgan fingerprint density at radius 2 is 1.91 bits per heavy atom. The van der Waals surface area contributed by atoms with Crippen LogP contribution in [0, 0.1) is 0 Å². The van der Waals surface area contributed by atoms with Gasteiger partial charge in [-0.1, -0.05) is 5.16 Å². The number of hydrogen-bond donors (Lipinski definition) is 1. The van der Waals surface area contributed by atoms with Crippen molar-refractivity contribution >= 4 is 5.91 Å². The van der Waals surface area contributed by atoms with Crippen molar-refractivity contribution < 1.29 is 27.2 Å². The molecule has 0 saturated heterocycles. The molecule has 1 amide bonds. The number of nitrogens with zero attached hydrogens (tertiary/aromatic N) is 2. The van der Waals surface area contributed by atoms with E-state index in [0.29, 0.717) is 5.82 Å². The van der Waals surface area contributed by atoms with Crippen LogP contribution < -0.4 is 10.1 Å². The first-order chi connectivity index (χ1) is 10.8. The van der Waals surface area contributed by atoms with Gasteiger partial charge in [-0.2, -0.15) is 18.2 Å². The predicted molar refractivity (Wildman–Crippen MR) is 72.4 cm³/mol. The molecule has 2 rings (SSSR count). The SMILES string of the molecule is C[C@H](NC(=O)[C@@H](C)Oc1ccc(C(F)(F)F)cc1)c1ncon1. The van der Waals surface area contributed by atoms with Crippen LogP contribution in [0.2, 0.25) is 0 Å². The molecule has 1 N–H and O–H groups in total. The summed E-state index contributed by atoms with van der Waals surface area (Å²) in [6, 6.07) is 3.62. The lowest BCUT2D eigenvalue weighted by Gasteiger charge is -2.17. The van der Waals surface area contributed by atoms with E-state index in [4.69, 9.17) is 4.74 Å². The van der Waals surface area contributed by atoms with Crippen molar-refractivity contribution in [2.24, 2.45) is 0 Å². The van der Waals surface area contributed by atoms with E-state index < -0.39 is 29.8 Å². The van der Waals surface area contributed by atoms with Crippen molar-refractivity contribution in [1.29, 1.82) is 0 Å². The molecule has 0 unspecified atom stereocenters. The largest absolute Gasteiger partial charge is 0.481 e. The van der Waals surface area contributed by atoms with Crippen molar-refractivity contribution in [2.75, 3.05) is 0 Å². The molecule has 0 spiro atoms. The molecular formula is C14H14F3N3O3. The van der Waals surface area contributed by atoms with Gasteiger partial charge in [0.1, 0.15) is 5.75 Å². The van der Waals surface area contributed by atoms with Crippen LogP contribution in [0.1, 0.15) is 31.3 Å². The van der Waals surface area contributed by atoms with Gasteiger partial charge in [0, 0.05) is 0 Å². The van der Waals surface area contributed by atoms with E-state index in [0.717, 1.165) is 30.7 Å². The minimum Gasteiger partial charge on any atom is -0.481 e. The Morgan fingerprint density at radius 3 is 2.43 bits per heavy atom. The number of halogens is 3. The molecule has 2 atom stereocenters. The normalized spacial score (nSPS) is 14.1. The number of ether oxygens (including phenoxy) is 1. The Kier molecular flexibility index (Phi) is 4.87. The molecule has 0 aliphatic heterocycles. The van der Waals surface area contributed by atoms with Gasteiger partial charge in [0.2, 0.25) is 6.39 Å². The van der Waals surface area contributed by atoms with Gasteiger partial charge in [-0.15, -0.1) is 0 Å². The minimum atomic E-state index is -4.42. The maximum absolute atomic E-state index is 12.5. The molecule has 0 radical (unpaired) electrons. The van der Waals surface area contributed by atoms with Gasteiger partial charge in [-0.05, 0) is 38.1 Å². The lowest BCUT2D eigenvalue weighted by Crippen LogP contribution is -2.38. The summed E-state index contributed by atoms with van der Waals surface area (Å²) in [6.45, 7) is 3.14. The lowest BCUT2D eigenvalue weighted by atomic mass is 10.2. The summed E-state index contributed by atoms with van der Waals surface area (Å²) in [6.07, 6.45) is -4.18. The highest BCUT2D eigenvalue weighted by Crippen LogP contribution is 2.30. The van der Waals surface area contributed by atoms with Crippen molar-refractivity contribution in [3.8, 4) is 5.75 Å². The molecule has 1 heterocycles. The zero-order chi connectivity index (χ0) is 17.0. The number of benzene rings is 1. The zero-order valence-electron chi connectivity index (χ0n) is 12.3. The summed E-state index contributed by atoms with van der Waals surface area (Å²) >= 11 is 0. The Balaban J connectivity index is 1.93. The molecule has 23 heavy (non-hydrogen) atoms. The van der Waals surface area contributed by atoms with Crippen LogP contribution in [-0.2, 0) is 11.0 Å². The van der Waals surface area contributed by atoms with E-state index in [2.05, 4.69) is 20.0 Å². The first-order valence-corrected chi connectivity index (χ1v) is 6.68. The number of rotatable bonds is 5. The molecule has 1 aromatic carbocycles. The molecule has 6 nitrogen and oxygen atoms in total. The second-order valence-electron chi connectivity index (χ2n) is 4.80. The summed E-state index contributed by atoms with van der Waals surface area (Å²) in [5.41, 5.74) is -0.785. The Morgan fingerprint density at radius 1 is 1.26 bits per heavy atom. The zero-order valence-corrected chi connectivity index (χ0v) is 12.3. The molecule has 9 heteroatoms. The summed E-state index contributed by atoms with van der Waals surface area (Å²) in [5, 5.41) is 6.21. The van der Waals surface area contributed by atoms with E-state index in [1.54, 1.807) is 6.92 Å². The second kappa shape index (κ2) is 6.67. The van der Waals surface area contributed by atoms with Crippen LogP contribution >= 0.6 is 0 Å². The Hall–Kier alpha value is -2.58. The number of hydrogen-bond acceptors (Lipinski definition) is 5. The van der Waals surface area contributed by atoms with Gasteiger partial charge < -0.3 is 14.6 Å². The van der Waals surface area contributed by atoms with Crippen molar-refractivity contribution in [3.05, 3.63) is 42.0 Å². The molecule has 0 bridgehead atoms. The predicted octanol–water partition coefficient (Wildman–Crippen LogP) is 2.73. The highest BCUT2D eigenvalue weighted by molar-refractivity contribution is 5.81. The lowest BCUT2D eigenvalue weighted by molar-refractivity contribution is -0.137. The third-order valence-corrected chi connectivity index (χ3v) is 2.99. The van der Waals surface area contributed by atoms with Crippen LogP contribution in [0.4, 0.5) is 13.2 Å². The van der Waals surface area contributed by atoms with Crippen molar-refractivity contribution in [1.82, 2.24) is 15.5 Å². The van der Waals surface area contributed by atoms with Crippen LogP contribution in [0.25, 0.3) is 0 Å². The highest BCUT2D eigenvalue weighted by atomic mass is 19.4. The molecular weight excluding hydrogens is 315 g/mol. The monoisotopic (exact) mass is 329 g/mol. The molecule has 0 aliphatic rings. The fourth-order valence-electron chi connectivity index (χ4n) is 1.74. The number of carbonyl (C=O) groups excluding carboxylic acids is 1. The van der Waals surface area contributed by atoms with Gasteiger partial charge in [0.25, 0.3) is 5.91 Å². The van der Waals surface area contributed by atoms with Crippen LogP contribution in [0.15, 0.2) is 35.2 Å². The van der Waals surface area contributed by atoms with E-state index in [1.807, 2.05) is 0 Å². The topological polar surface area (TPSA) is 77.2 Å². The average molecular weight is 329 g/mol. The summed E-state index contributed by atoms with van der Waals surface area (Å²) in [7, 11) is 0. The Bertz CT molecular complexity index is 642. The van der Waals surface area contributed by atoms with E-state index >= 15 is 0 Å². The first-order valence-electron chi connectivity index (χ1n) is 6.68. The van der Waals surface area contributed by atoms with E-state index in [-0.39, 0.29) is 5.75 Å². The van der Waals surface area contributed by atoms with Crippen LogP contribution in [0.3, 0.4) is 0 Å². The number of alkyl halides is 3. The third-order valence-electron chi connectivity index (χ3n) is 2.99. The molecule has 1 aromatic heterocycles. The van der Waals surface area contributed by atoms with Gasteiger partial charge >= 0.3 is 6.18 Å². The molecule has 2 aromatic rings. The number of nitrogens with one attached hydrogen (secondary N) is 1. The standard InChI is InChI=1S/C14H14F3N3O3/c1-8(12-18-7-22-20-12)19-13(21)9(2)23-11-5-3-10(4-6-11)14(15,16)17/h3-9H,1-2H3,(H,19,21)/t8-,9+/m0/s1. The van der Waals surface area contributed by atoms with E-state index in [1.165, 1.54) is 6.92 Å². The smallest absolute Gasteiger partial charge is 0.416 e. The van der Waals surface area contributed by atoms with Gasteiger partial charge in [0.15, 0.2) is 11.9 Å². The molecule has 0 aliphatic carbocycles. The first kappa shape index (κ1) is 16.8. The summed E-state index contributed by atoms with van der Waals surface area (Å²) in [5.74, 6) is 0.00939. The quantitative estimate of drug-likeness (QED) is 0.913. The highest BCUT2D eigenvalue weighted by Gasteiger charge is 2.30. The fourth-order valence-corrected chi connectivity index (χ4v) is 1.74. The second-order valence-corrected chi connectivity index (χ2v) is 4.80. The fraction of sp³-hybridized carbons (Fsp3) is 0.357. The summed E-state index contributed by atoms with van der Waals surface area (Å²) < 4.78 is 47.3. The Labute approximate surface area is 129 Å². The van der Waals surface area contributed by atoms with Crippen molar-refractivity contribution in [2.45, 2.75) is 32.2 Å². The molecule has 0 saturated carbocycles. The number of amides is 1. The molecule has 124 valence electrons. The number of carbonyl (C=O) groups is 1. The van der Waals surface area contributed by atoms with E-state index in [9.17, 15) is 18.0 Å². The third kappa shape index (κ3) is 4.44. The van der Waals surface area contributed by atoms with Gasteiger partial charge in [-0.3, -0.25) is 4.79 Å². The average Bonchev–Trinajstić information content (AvgIpc) is 3.01. The molecule has 0 fully saturated rings. The van der Waals surface area contributed by atoms with Gasteiger partial charge in [0.05, 0.1) is 11.6 Å². The minimum absolute atomic E-state index is 0.160. The summed E-state index contributed by atoms with van der Waals surface area (Å²) in [4.78, 5) is 15.8. The van der Waals surface area contributed by atoms with Crippen LogP contribution in [-0.4, -0.2) is 22.2 Å². The van der Waals surface area contributed by atoms with Crippen molar-refractivity contribution in [3.63, 3.8) is 0 Å². The number of aromatic nitrogens is 2. The maximum Gasteiger partial charge on any atom is 0.416 e.